The highest BCUT2D eigenvalue weighted by molar-refractivity contribution is 6.25. The smallest absolute Gasteiger partial charge is 0.282 e. The third-order valence-electron chi connectivity index (χ3n) is 4.65. The molecular weight excluding hydrogens is 350 g/mol. The van der Waals surface area contributed by atoms with Gasteiger partial charge in [0.05, 0.1) is 17.0 Å². The minimum atomic E-state index is -0.826. The third kappa shape index (κ3) is 2.42. The van der Waals surface area contributed by atoms with E-state index in [0.717, 1.165) is 10.4 Å². The molecule has 0 radical (unpaired) electrons. The number of nitrogens with one attached hydrogen (secondary N) is 1. The van der Waals surface area contributed by atoms with Gasteiger partial charge in [-0.25, -0.2) is 0 Å². The zero-order valence-electron chi connectivity index (χ0n) is 14.2. The van der Waals surface area contributed by atoms with Crippen LogP contribution in [0.5, 0.6) is 0 Å². The van der Waals surface area contributed by atoms with Crippen LogP contribution in [0.3, 0.4) is 0 Å². The summed E-state index contributed by atoms with van der Waals surface area (Å²) in [5.74, 6) is -1.94. The van der Waals surface area contributed by atoms with E-state index in [0.29, 0.717) is 16.6 Å². The number of fused-ring (bicyclic) bond motifs is 2. The van der Waals surface area contributed by atoms with Crippen LogP contribution in [0.2, 0.25) is 0 Å². The van der Waals surface area contributed by atoms with E-state index in [1.54, 1.807) is 19.1 Å². The Hall–Kier alpha value is -3.81. The summed E-state index contributed by atoms with van der Waals surface area (Å²) in [6.45, 7) is 1.26. The Bertz CT molecular complexity index is 1160. The Kier molecular flexibility index (Phi) is 3.62. The molecule has 0 atom stereocenters. The molecule has 0 unspecified atom stereocenters. The lowest BCUT2D eigenvalue weighted by atomic mass is 10.1. The van der Waals surface area contributed by atoms with Crippen molar-refractivity contribution < 1.29 is 19.3 Å². The SMILES string of the molecule is Cc1[nH]c2ccccc2c1C(=O)CN1C(=O)c2cccc([N+](=O)[O-])c2C1=O. The number of H-pyrrole nitrogens is 1. The van der Waals surface area contributed by atoms with E-state index in [9.17, 15) is 24.5 Å². The number of nitro benzene ring substituents is 1. The lowest BCUT2D eigenvalue weighted by Crippen LogP contribution is -2.35. The number of aromatic amines is 1. The van der Waals surface area contributed by atoms with Crippen LogP contribution in [-0.4, -0.2) is 38.9 Å². The number of hydrogen-bond donors (Lipinski definition) is 1. The van der Waals surface area contributed by atoms with Gasteiger partial charge in [-0.05, 0) is 19.1 Å². The van der Waals surface area contributed by atoms with Crippen molar-refractivity contribution in [1.29, 1.82) is 0 Å². The molecule has 1 aliphatic heterocycles. The van der Waals surface area contributed by atoms with E-state index in [-0.39, 0.29) is 11.1 Å². The predicted molar refractivity (Wildman–Crippen MR) is 95.8 cm³/mol. The van der Waals surface area contributed by atoms with Crippen LogP contribution in [0, 0.1) is 17.0 Å². The molecule has 27 heavy (non-hydrogen) atoms. The number of imide groups is 1. The molecule has 1 aromatic heterocycles. The van der Waals surface area contributed by atoms with Crippen molar-refractivity contribution in [2.45, 2.75) is 6.92 Å². The van der Waals surface area contributed by atoms with Gasteiger partial charge in [0.2, 0.25) is 0 Å². The lowest BCUT2D eigenvalue weighted by molar-refractivity contribution is -0.385. The minimum absolute atomic E-state index is 0.0577. The highest BCUT2D eigenvalue weighted by Crippen LogP contribution is 2.31. The molecule has 1 aliphatic rings. The molecule has 3 aromatic rings. The average molecular weight is 363 g/mol. The van der Waals surface area contributed by atoms with Gasteiger partial charge in [0.1, 0.15) is 5.56 Å². The van der Waals surface area contributed by atoms with Crippen LogP contribution in [0.25, 0.3) is 10.9 Å². The van der Waals surface area contributed by atoms with Crippen molar-refractivity contribution in [1.82, 2.24) is 9.88 Å². The normalized spacial score (nSPS) is 13.3. The van der Waals surface area contributed by atoms with Gasteiger partial charge in [-0.2, -0.15) is 0 Å². The van der Waals surface area contributed by atoms with Gasteiger partial charge in [0, 0.05) is 28.2 Å². The molecule has 2 heterocycles. The summed E-state index contributed by atoms with van der Waals surface area (Å²) in [4.78, 5) is 52.4. The summed E-state index contributed by atoms with van der Waals surface area (Å²) in [5.41, 5.74) is 1.04. The van der Waals surface area contributed by atoms with Crippen LogP contribution in [0.1, 0.15) is 36.8 Å². The van der Waals surface area contributed by atoms with Crippen molar-refractivity contribution in [2.75, 3.05) is 6.54 Å². The van der Waals surface area contributed by atoms with Crippen molar-refractivity contribution in [3.05, 3.63) is 75.0 Å². The van der Waals surface area contributed by atoms with Crippen molar-refractivity contribution in [3.8, 4) is 0 Å². The Morgan fingerprint density at radius 2 is 1.85 bits per heavy atom. The van der Waals surface area contributed by atoms with Gasteiger partial charge in [0.15, 0.2) is 5.78 Å². The maximum absolute atomic E-state index is 12.9. The second kappa shape index (κ2) is 5.87. The largest absolute Gasteiger partial charge is 0.358 e. The fourth-order valence-corrected chi connectivity index (χ4v) is 3.47. The highest BCUT2D eigenvalue weighted by atomic mass is 16.6. The summed E-state index contributed by atoms with van der Waals surface area (Å²) in [5, 5.41) is 11.9. The zero-order valence-corrected chi connectivity index (χ0v) is 14.2. The number of Topliss-reactive ketones (excluding diaryl/α,β-unsaturated/α-hetero) is 1. The van der Waals surface area contributed by atoms with Crippen LogP contribution in [0.15, 0.2) is 42.5 Å². The molecule has 1 N–H and O–H groups in total. The number of aromatic nitrogens is 1. The summed E-state index contributed by atoms with van der Waals surface area (Å²) in [6.07, 6.45) is 0. The first kappa shape index (κ1) is 16.6. The Labute approximate surface area is 152 Å². The van der Waals surface area contributed by atoms with Crippen molar-refractivity contribution in [3.63, 3.8) is 0 Å². The molecule has 134 valence electrons. The minimum Gasteiger partial charge on any atom is -0.358 e. The first-order chi connectivity index (χ1) is 12.9. The van der Waals surface area contributed by atoms with E-state index in [2.05, 4.69) is 4.98 Å². The molecule has 0 bridgehead atoms. The van der Waals surface area contributed by atoms with Crippen LogP contribution in [-0.2, 0) is 0 Å². The standard InChI is InChI=1S/C19H13N3O5/c1-10-16(11-5-2-3-7-13(11)20-10)15(23)9-21-18(24)12-6-4-8-14(22(26)27)17(12)19(21)25/h2-8,20H,9H2,1H3. The molecule has 0 saturated carbocycles. The molecular formula is C19H13N3O5. The number of amides is 2. The number of benzene rings is 2. The summed E-state index contributed by atoms with van der Waals surface area (Å²) >= 11 is 0. The zero-order chi connectivity index (χ0) is 19.3. The number of carbonyl (C=O) groups is 3. The van der Waals surface area contributed by atoms with Gasteiger partial charge in [-0.1, -0.05) is 24.3 Å². The molecule has 0 aliphatic carbocycles. The van der Waals surface area contributed by atoms with Gasteiger partial charge in [-0.3, -0.25) is 29.4 Å². The number of nitrogens with zero attached hydrogens (tertiary/aromatic N) is 2. The van der Waals surface area contributed by atoms with Crippen LogP contribution < -0.4 is 0 Å². The molecule has 0 spiro atoms. The summed E-state index contributed by atoms with van der Waals surface area (Å²) in [7, 11) is 0. The quantitative estimate of drug-likeness (QED) is 0.331. The Morgan fingerprint density at radius 3 is 2.59 bits per heavy atom. The number of nitro groups is 1. The molecule has 0 saturated heterocycles. The molecule has 4 rings (SSSR count). The van der Waals surface area contributed by atoms with E-state index in [1.807, 2.05) is 12.1 Å². The maximum Gasteiger partial charge on any atom is 0.282 e. The molecule has 8 heteroatoms. The van der Waals surface area contributed by atoms with Gasteiger partial charge in [-0.15, -0.1) is 0 Å². The second-order valence-corrected chi connectivity index (χ2v) is 6.25. The fourth-order valence-electron chi connectivity index (χ4n) is 3.47. The Balaban J connectivity index is 1.71. The van der Waals surface area contributed by atoms with E-state index >= 15 is 0 Å². The number of para-hydroxylation sites is 1. The third-order valence-corrected chi connectivity index (χ3v) is 4.65. The molecule has 2 aromatic carbocycles. The lowest BCUT2D eigenvalue weighted by Gasteiger charge is -2.12. The first-order valence-corrected chi connectivity index (χ1v) is 8.14. The van der Waals surface area contributed by atoms with Gasteiger partial charge < -0.3 is 4.98 Å². The van der Waals surface area contributed by atoms with E-state index < -0.39 is 34.8 Å². The van der Waals surface area contributed by atoms with Crippen molar-refractivity contribution in [2.24, 2.45) is 0 Å². The van der Waals surface area contributed by atoms with E-state index in [1.165, 1.54) is 18.2 Å². The summed E-state index contributed by atoms with van der Waals surface area (Å²) in [6, 6.07) is 11.1. The predicted octanol–water partition coefficient (Wildman–Crippen LogP) is 2.86. The van der Waals surface area contributed by atoms with Crippen LogP contribution in [0.4, 0.5) is 5.69 Å². The second-order valence-electron chi connectivity index (χ2n) is 6.25. The fraction of sp³-hybridized carbons (Fsp3) is 0.105. The Morgan fingerprint density at radius 1 is 1.11 bits per heavy atom. The number of hydrogen-bond acceptors (Lipinski definition) is 5. The molecule has 0 fully saturated rings. The van der Waals surface area contributed by atoms with Crippen molar-refractivity contribution >= 4 is 34.2 Å². The maximum atomic E-state index is 12.9. The highest BCUT2D eigenvalue weighted by Gasteiger charge is 2.42. The number of aryl methyl sites for hydroxylation is 1. The monoisotopic (exact) mass is 363 g/mol. The number of rotatable bonds is 4. The number of carbonyl (C=O) groups excluding carboxylic acids is 3. The molecule has 2 amide bonds. The topological polar surface area (TPSA) is 113 Å². The van der Waals surface area contributed by atoms with Crippen LogP contribution >= 0.6 is 0 Å². The van der Waals surface area contributed by atoms with Gasteiger partial charge in [0.25, 0.3) is 17.5 Å². The number of ketones is 1. The average Bonchev–Trinajstić information content (AvgIpc) is 3.10. The summed E-state index contributed by atoms with van der Waals surface area (Å²) < 4.78 is 0. The molecule has 8 nitrogen and oxygen atoms in total. The van der Waals surface area contributed by atoms with Gasteiger partial charge >= 0.3 is 0 Å². The first-order valence-electron chi connectivity index (χ1n) is 8.14. The van der Waals surface area contributed by atoms with E-state index in [4.69, 9.17) is 0 Å².